The van der Waals surface area contributed by atoms with E-state index in [1.54, 1.807) is 102 Å². The topological polar surface area (TPSA) is 228 Å². The first kappa shape index (κ1) is 88.9. The van der Waals surface area contributed by atoms with Crippen LogP contribution in [0.3, 0.4) is 0 Å². The van der Waals surface area contributed by atoms with Gasteiger partial charge in [-0.15, -0.1) is 0 Å². The molecule has 13 rings (SSSR count). The monoisotopic (exact) mass is 1510 g/mol. The Morgan fingerprint density at radius 1 is 0.500 bits per heavy atom. The molecule has 4 aliphatic heterocycles. The molecule has 4 heterocycles. The lowest BCUT2D eigenvalue weighted by Crippen LogP contribution is -2.44. The van der Waals surface area contributed by atoms with E-state index < -0.39 is 31.3 Å². The molecule has 18 nitrogen and oxygen atoms in total. The van der Waals surface area contributed by atoms with Crippen molar-refractivity contribution in [3.05, 3.63) is 322 Å². The fraction of sp³-hybridized carbons (Fsp3) is 0.374. The number of nitrogens with two attached hydrogens (primary N) is 1. The molecular weight excluding hydrogens is 1400 g/mol. The highest BCUT2D eigenvalue weighted by atomic mass is 31.2. The number of carbonyl (C=O) groups excluding carboxylic acids is 4. The van der Waals surface area contributed by atoms with Crippen LogP contribution in [0.1, 0.15) is 127 Å². The highest BCUT2D eigenvalue weighted by Gasteiger charge is 2.36. The number of para-hydroxylation sites is 2. The molecule has 4 aliphatic rings. The maximum Gasteiger partial charge on any atom is 0.525 e. The van der Waals surface area contributed by atoms with E-state index in [4.69, 9.17) is 39.4 Å². The summed E-state index contributed by atoms with van der Waals surface area (Å²) in [5.74, 6) is 1.43. The largest absolute Gasteiger partial charge is 0.525 e. The van der Waals surface area contributed by atoms with Crippen LogP contribution in [0.5, 0.6) is 11.5 Å². The Hall–Kier alpha value is -9.96. The number of benzene rings is 9. The van der Waals surface area contributed by atoms with Gasteiger partial charge in [0.15, 0.2) is 0 Å². The summed E-state index contributed by atoms with van der Waals surface area (Å²) in [5, 5.41) is 3.43. The van der Waals surface area contributed by atoms with Crippen LogP contribution in [0.25, 0.3) is 10.4 Å². The van der Waals surface area contributed by atoms with Gasteiger partial charge in [-0.25, -0.2) is 14.2 Å². The summed E-state index contributed by atoms with van der Waals surface area (Å²) in [4.78, 5) is 51.6. The van der Waals surface area contributed by atoms with Gasteiger partial charge in [0.2, 0.25) is 0 Å². The van der Waals surface area contributed by atoms with Crippen molar-refractivity contribution in [2.75, 3.05) is 52.4 Å². The molecule has 584 valence electrons. The van der Waals surface area contributed by atoms with E-state index in [1.807, 2.05) is 0 Å². The molecule has 9 aromatic carbocycles. The number of hydrogen-bond donors (Lipinski definition) is 2. The van der Waals surface area contributed by atoms with E-state index in [9.17, 15) is 14.2 Å². The van der Waals surface area contributed by atoms with Gasteiger partial charge in [0, 0.05) is 67.7 Å². The van der Waals surface area contributed by atoms with E-state index >= 15 is 0 Å². The van der Waals surface area contributed by atoms with Gasteiger partial charge in [0.1, 0.15) is 22.7 Å². The van der Waals surface area contributed by atoms with E-state index in [0.717, 1.165) is 51.5 Å². The number of nitrogens with zero attached hydrogens (tertiary/aromatic N) is 6. The number of carbonyl (C=O) groups is 2. The summed E-state index contributed by atoms with van der Waals surface area (Å²) in [6.45, 7) is 27.4. The summed E-state index contributed by atoms with van der Waals surface area (Å²) in [6, 6.07) is 92.2. The number of likely N-dealkylation sites (tertiary alicyclic amines) is 3. The second-order valence-electron chi connectivity index (χ2n) is 30.9. The first-order chi connectivity index (χ1) is 52.3. The van der Waals surface area contributed by atoms with Crippen molar-refractivity contribution < 1.29 is 47.0 Å². The molecule has 0 saturated carbocycles. The number of ether oxygens (including phenoxy) is 3. The summed E-state index contributed by atoms with van der Waals surface area (Å²) >= 11 is 0. The van der Waals surface area contributed by atoms with Crippen molar-refractivity contribution in [3.8, 4) is 11.5 Å². The van der Waals surface area contributed by atoms with Crippen LogP contribution in [0, 0.1) is 16.7 Å². The number of nitrogens with one attached hydrogen (secondary N) is 1. The van der Waals surface area contributed by atoms with Crippen molar-refractivity contribution in [2.45, 2.75) is 151 Å². The lowest BCUT2D eigenvalue weighted by Gasteiger charge is -2.25. The minimum atomic E-state index is -3.95. The van der Waals surface area contributed by atoms with Crippen molar-refractivity contribution >= 4 is 26.2 Å². The van der Waals surface area contributed by atoms with Crippen LogP contribution < -0.4 is 20.1 Å². The molecule has 4 saturated heterocycles. The molecule has 0 bridgehead atoms. The molecule has 4 unspecified atom stereocenters. The van der Waals surface area contributed by atoms with Crippen LogP contribution in [0.4, 0.5) is 9.59 Å². The van der Waals surface area contributed by atoms with E-state index in [1.165, 1.54) is 117 Å². The Labute approximate surface area is 653 Å². The Morgan fingerprint density at radius 2 is 0.845 bits per heavy atom. The molecular formula is C91H115N8O10P. The summed E-state index contributed by atoms with van der Waals surface area (Å²) in [7, 11) is -3.95. The standard InChI is InChI=1S/C19H23N.C18H22N2.C18H21N.C12H10N3O3P.C12H17N.C10H18O5.CO2.CH4/c1-19(14-17-8-4-2-5-9-17)12-13-20(16-19)15-18-10-6-3-7-11-18;19-18(13-16-7-3-1-4-8-16)11-12-20(15-18)14-17-9-5-2-6-10-17;1-3-7-16(8-4-1)13-18-11-12-19(15-18)14-17-9-5-2-6-10-17;13-14-15-19(16,17-11-7-3-1-4-8-11)18-12-9-5-2-6-10-12;1-12(7-8-13-10-12)9-11-5-3-2-4-6-11;1-9(2,3)14-7(11)13-8(12)15-10(4,5)6;2-1-3;/h2-11H,12-16H2,1H3;1-10H,11-15,19H2;1-10,18H,11-15H2;1-10H;2-6,13H,7-10H2,1H3;1-6H3;;1H4. The summed E-state index contributed by atoms with van der Waals surface area (Å²) < 4.78 is 36.4. The number of rotatable bonds is 19. The van der Waals surface area contributed by atoms with Crippen LogP contribution in [0.2, 0.25) is 0 Å². The predicted molar refractivity (Wildman–Crippen MR) is 440 cm³/mol. The third-order valence-corrected chi connectivity index (χ3v) is 19.6. The normalized spacial score (nSPS) is 18.5. The number of hydrogen-bond acceptors (Lipinski definition) is 15. The van der Waals surface area contributed by atoms with E-state index in [2.05, 4.69) is 261 Å². The lowest BCUT2D eigenvalue weighted by molar-refractivity contribution is -0.191. The Bertz CT molecular complexity index is 3950. The zero-order valence-corrected chi connectivity index (χ0v) is 65.7. The zero-order valence-electron chi connectivity index (χ0n) is 64.8. The van der Waals surface area contributed by atoms with Gasteiger partial charge in [-0.05, 0) is 198 Å². The molecule has 4 fully saturated rings. The lowest BCUT2D eigenvalue weighted by atomic mass is 9.83. The van der Waals surface area contributed by atoms with Crippen LogP contribution in [-0.2, 0) is 73.7 Å². The molecule has 3 N–H and O–H groups in total. The molecule has 110 heavy (non-hydrogen) atoms. The zero-order chi connectivity index (χ0) is 78.3. The smallest absolute Gasteiger partial charge is 0.428 e. The van der Waals surface area contributed by atoms with Gasteiger partial charge in [0.05, 0.1) is 0 Å². The van der Waals surface area contributed by atoms with Crippen LogP contribution in [-0.4, -0.2) is 102 Å². The van der Waals surface area contributed by atoms with Gasteiger partial charge in [-0.1, -0.05) is 270 Å². The first-order valence-electron chi connectivity index (χ1n) is 37.5. The highest BCUT2D eigenvalue weighted by Crippen LogP contribution is 2.50. The average Bonchev–Trinajstić information content (AvgIpc) is 1.64. The first-order valence-corrected chi connectivity index (χ1v) is 39.0. The minimum absolute atomic E-state index is 0. The maximum atomic E-state index is 12.3. The van der Waals surface area contributed by atoms with Gasteiger partial charge >= 0.3 is 26.2 Å². The predicted octanol–water partition coefficient (Wildman–Crippen LogP) is 20.4. The van der Waals surface area contributed by atoms with Crippen molar-refractivity contribution in [3.63, 3.8) is 0 Å². The SMILES string of the molecule is C.CC(C)(C)OC(=O)OC(=O)OC(C)(C)C.CC1(Cc2ccccc2)CCN(Cc2ccccc2)C1.CC1(Cc2ccccc2)CCNC1.NC1(Cc2ccccc2)CCN(Cc2ccccc2)C1.O=C=O.[N-]=[N+]=NP(=O)(Oc1ccccc1)Oc1ccccc1.c1ccc(CC2CCN(Cc3ccccc3)C2)cc1. The highest BCUT2D eigenvalue weighted by molar-refractivity contribution is 7.53. The Balaban J connectivity index is 0.000000205. The van der Waals surface area contributed by atoms with Crippen molar-refractivity contribution in [1.82, 2.24) is 20.0 Å². The Morgan fingerprint density at radius 3 is 1.23 bits per heavy atom. The second-order valence-corrected chi connectivity index (χ2v) is 32.4. The quantitative estimate of drug-likeness (QED) is 0.0192. The minimum Gasteiger partial charge on any atom is -0.428 e. The molecule has 19 heteroatoms. The molecule has 0 aliphatic carbocycles. The van der Waals surface area contributed by atoms with Crippen molar-refractivity contribution in [2.24, 2.45) is 27.4 Å². The van der Waals surface area contributed by atoms with Gasteiger partial charge < -0.3 is 34.3 Å². The Kier molecular flexibility index (Phi) is 37.1. The van der Waals surface area contributed by atoms with Gasteiger partial charge in [0.25, 0.3) is 0 Å². The fourth-order valence-corrected chi connectivity index (χ4v) is 14.5. The van der Waals surface area contributed by atoms with Crippen LogP contribution in [0.15, 0.2) is 278 Å². The van der Waals surface area contributed by atoms with Crippen LogP contribution >= 0.6 is 7.75 Å². The molecule has 0 amide bonds. The third-order valence-electron chi connectivity index (χ3n) is 18.4. The molecule has 0 radical (unpaired) electrons. The maximum absolute atomic E-state index is 12.3. The number of azide groups is 1. The van der Waals surface area contributed by atoms with E-state index in [-0.39, 0.29) is 19.1 Å². The third kappa shape index (κ3) is 35.6. The van der Waals surface area contributed by atoms with Crippen molar-refractivity contribution in [1.29, 1.82) is 0 Å². The molecule has 4 atom stereocenters. The molecule has 0 spiro atoms. The molecule has 0 aromatic heterocycles. The van der Waals surface area contributed by atoms with Gasteiger partial charge in [-0.2, -0.15) is 9.59 Å². The average molecular weight is 1510 g/mol. The fourth-order valence-electron chi connectivity index (χ4n) is 13.5. The second kappa shape index (κ2) is 45.9. The summed E-state index contributed by atoms with van der Waals surface area (Å²) in [6.07, 6.45) is 7.76. The van der Waals surface area contributed by atoms with Gasteiger partial charge in [-0.3, -0.25) is 14.7 Å². The van der Waals surface area contributed by atoms with E-state index in [0.29, 0.717) is 22.3 Å². The summed E-state index contributed by atoms with van der Waals surface area (Å²) in [5.41, 5.74) is 24.5. The molecule has 9 aromatic rings.